The average molecular weight is 765 g/mol. The zero-order chi connectivity index (χ0) is 39.1. The first-order valence-corrected chi connectivity index (χ1v) is 18.8. The topological polar surface area (TPSA) is 136 Å². The molecular weight excluding hydrogens is 716 g/mol. The van der Waals surface area contributed by atoms with Gasteiger partial charge >= 0.3 is 5.97 Å². The first-order valence-electron chi connectivity index (χ1n) is 18.4. The van der Waals surface area contributed by atoms with Crippen molar-refractivity contribution in [3.05, 3.63) is 130 Å². The number of aliphatic hydroxyl groups is 2. The van der Waals surface area contributed by atoms with Gasteiger partial charge in [0.15, 0.2) is 0 Å². The molecule has 1 aromatic heterocycles. The number of nitrogens with one attached hydrogen (secondary N) is 2. The van der Waals surface area contributed by atoms with Crippen molar-refractivity contribution in [3.63, 3.8) is 0 Å². The molecule has 0 amide bonds. The van der Waals surface area contributed by atoms with Gasteiger partial charge in [0.25, 0.3) is 0 Å². The number of likely N-dealkylation sites (tertiary alicyclic amines) is 1. The second kappa shape index (κ2) is 17.7. The number of pyridine rings is 1. The third-order valence-electron chi connectivity index (χ3n) is 10.4. The van der Waals surface area contributed by atoms with Crippen LogP contribution in [0.25, 0.3) is 22.3 Å². The molecule has 2 atom stereocenters. The maximum atomic E-state index is 11.9. The van der Waals surface area contributed by atoms with E-state index in [9.17, 15) is 20.1 Å². The Morgan fingerprint density at radius 3 is 2.31 bits per heavy atom. The van der Waals surface area contributed by atoms with Gasteiger partial charge in [0.1, 0.15) is 30.3 Å². The summed E-state index contributed by atoms with van der Waals surface area (Å²) < 4.78 is 12.6. The highest BCUT2D eigenvalue weighted by Gasteiger charge is 2.32. The summed E-state index contributed by atoms with van der Waals surface area (Å²) in [5.74, 6) is -0.311. The number of anilines is 1. The van der Waals surface area contributed by atoms with Crippen molar-refractivity contribution in [2.45, 2.75) is 65.1 Å². The Morgan fingerprint density at radius 1 is 0.909 bits per heavy atom. The third-order valence-corrected chi connectivity index (χ3v) is 10.7. The Morgan fingerprint density at radius 2 is 1.62 bits per heavy atom. The predicted molar refractivity (Wildman–Crippen MR) is 217 cm³/mol. The summed E-state index contributed by atoms with van der Waals surface area (Å²) in [5, 5.41) is 35.7. The number of halogens is 1. The zero-order valence-electron chi connectivity index (χ0n) is 31.7. The Labute approximate surface area is 327 Å². The van der Waals surface area contributed by atoms with Gasteiger partial charge in [-0.1, -0.05) is 72.3 Å². The summed E-state index contributed by atoms with van der Waals surface area (Å²) in [5.41, 5.74) is 9.81. The van der Waals surface area contributed by atoms with Crippen LogP contribution in [0, 0.1) is 13.8 Å². The highest BCUT2D eigenvalue weighted by Crippen LogP contribution is 2.37. The van der Waals surface area contributed by atoms with Crippen LogP contribution in [-0.4, -0.2) is 69.6 Å². The van der Waals surface area contributed by atoms with E-state index in [1.54, 1.807) is 24.5 Å². The van der Waals surface area contributed by atoms with E-state index in [0.717, 1.165) is 65.1 Å². The van der Waals surface area contributed by atoms with Gasteiger partial charge in [-0.3, -0.25) is 20.0 Å². The van der Waals surface area contributed by atoms with Crippen molar-refractivity contribution in [1.82, 2.24) is 15.2 Å². The molecule has 1 aliphatic rings. The minimum atomic E-state index is -1.56. The van der Waals surface area contributed by atoms with Gasteiger partial charge in [-0.05, 0) is 83.8 Å². The summed E-state index contributed by atoms with van der Waals surface area (Å²) >= 11 is 6.79. The number of benzene rings is 4. The van der Waals surface area contributed by atoms with E-state index in [-0.39, 0.29) is 25.9 Å². The highest BCUT2D eigenvalue weighted by molar-refractivity contribution is 6.32. The maximum absolute atomic E-state index is 11.9. The van der Waals surface area contributed by atoms with Crippen LogP contribution in [0.2, 0.25) is 5.02 Å². The van der Waals surface area contributed by atoms with Crippen molar-refractivity contribution in [2.75, 3.05) is 32.1 Å². The number of β-amino-alcohol motifs (C(OH)–C–C–N with tert-alkyl or cyclic N) is 1. The van der Waals surface area contributed by atoms with Gasteiger partial charge < -0.3 is 30.1 Å². The lowest BCUT2D eigenvalue weighted by Crippen LogP contribution is -2.52. The number of hydrogen-bond donors (Lipinski definition) is 5. The molecular formula is C44H49ClN4O6. The standard InChI is InChI=1S/C44H49ClN4O6/c1-28-33(7-5-9-38(28)39-10-6-8-37(29(39)2)32-13-11-30(12-14-32)23-49-16-15-36(51)24-49)26-55-42-19-41(54-25-31-17-35(46-4)22-47-20-31)34(18-40(42)45)21-48-44(3,27-50)43(52)53/h5-14,17-20,22,36,46,48,50-51H,15-16,21,23-27H2,1-4H3,(H,52,53)/t36-,44-/m0/s1. The maximum Gasteiger partial charge on any atom is 0.326 e. The molecule has 288 valence electrons. The lowest BCUT2D eigenvalue weighted by Gasteiger charge is -2.25. The number of nitrogens with zero attached hydrogens (tertiary/aromatic N) is 2. The molecule has 55 heavy (non-hydrogen) atoms. The number of carbonyl (C=O) groups is 1. The number of carboxylic acids is 1. The van der Waals surface area contributed by atoms with Crippen molar-refractivity contribution >= 4 is 23.3 Å². The first kappa shape index (κ1) is 39.7. The normalized spacial score (nSPS) is 15.4. The molecule has 1 saturated heterocycles. The molecule has 10 nitrogen and oxygen atoms in total. The van der Waals surface area contributed by atoms with Crippen LogP contribution in [0.1, 0.15) is 46.7 Å². The van der Waals surface area contributed by atoms with Gasteiger partial charge in [-0.25, -0.2) is 0 Å². The molecule has 0 unspecified atom stereocenters. The van der Waals surface area contributed by atoms with Crippen LogP contribution in [0.3, 0.4) is 0 Å². The fourth-order valence-corrected chi connectivity index (χ4v) is 7.08. The molecule has 0 aliphatic carbocycles. The molecule has 1 aliphatic heterocycles. The van der Waals surface area contributed by atoms with E-state index in [0.29, 0.717) is 22.1 Å². The summed E-state index contributed by atoms with van der Waals surface area (Å²) in [7, 11) is 1.81. The Bertz CT molecular complexity index is 2130. The molecule has 0 bridgehead atoms. The Hall–Kier alpha value is -4.97. The zero-order valence-corrected chi connectivity index (χ0v) is 32.5. The van der Waals surface area contributed by atoms with E-state index >= 15 is 0 Å². The predicted octanol–water partition coefficient (Wildman–Crippen LogP) is 7.38. The van der Waals surface area contributed by atoms with Crippen molar-refractivity contribution in [2.24, 2.45) is 0 Å². The molecule has 4 aromatic carbocycles. The van der Waals surface area contributed by atoms with Crippen LogP contribution in [0.15, 0.2) is 91.3 Å². The minimum absolute atomic E-state index is 0.0703. The van der Waals surface area contributed by atoms with Gasteiger partial charge in [0, 0.05) is 62.8 Å². The van der Waals surface area contributed by atoms with E-state index in [2.05, 4.69) is 82.9 Å². The van der Waals surface area contributed by atoms with Crippen LogP contribution in [0.4, 0.5) is 5.69 Å². The van der Waals surface area contributed by atoms with Gasteiger partial charge in [-0.15, -0.1) is 0 Å². The van der Waals surface area contributed by atoms with Crippen LogP contribution >= 0.6 is 11.6 Å². The van der Waals surface area contributed by atoms with E-state index in [4.69, 9.17) is 21.1 Å². The molecule has 11 heteroatoms. The van der Waals surface area contributed by atoms with Crippen LogP contribution < -0.4 is 20.1 Å². The number of carboxylic acid groups (broad SMARTS) is 1. The monoisotopic (exact) mass is 764 g/mol. The van der Waals surface area contributed by atoms with Crippen molar-refractivity contribution in [3.8, 4) is 33.8 Å². The van der Waals surface area contributed by atoms with Gasteiger partial charge in [-0.2, -0.15) is 0 Å². The van der Waals surface area contributed by atoms with Crippen LogP contribution in [0.5, 0.6) is 11.5 Å². The largest absolute Gasteiger partial charge is 0.488 e. The van der Waals surface area contributed by atoms with Crippen LogP contribution in [-0.2, 0) is 31.1 Å². The minimum Gasteiger partial charge on any atom is -0.488 e. The molecule has 2 heterocycles. The van der Waals surface area contributed by atoms with Crippen molar-refractivity contribution in [1.29, 1.82) is 0 Å². The number of ether oxygens (including phenoxy) is 2. The fraction of sp³-hybridized carbons (Fsp3) is 0.318. The van der Waals surface area contributed by atoms with E-state index < -0.39 is 18.1 Å². The third kappa shape index (κ3) is 9.47. The summed E-state index contributed by atoms with van der Waals surface area (Å²) in [6.45, 7) is 8.08. The molecule has 0 spiro atoms. The first-order chi connectivity index (χ1) is 26.5. The second-order valence-corrected chi connectivity index (χ2v) is 14.8. The number of aliphatic carboxylic acids is 1. The Kier molecular flexibility index (Phi) is 12.8. The lowest BCUT2D eigenvalue weighted by molar-refractivity contribution is -0.145. The smallest absolute Gasteiger partial charge is 0.326 e. The highest BCUT2D eigenvalue weighted by atomic mass is 35.5. The Balaban J connectivity index is 1.22. The van der Waals surface area contributed by atoms with Crippen molar-refractivity contribution < 1.29 is 29.6 Å². The summed E-state index contributed by atoms with van der Waals surface area (Å²) in [6.07, 6.45) is 4.04. The molecule has 0 radical (unpaired) electrons. The average Bonchev–Trinajstić information content (AvgIpc) is 3.60. The summed E-state index contributed by atoms with van der Waals surface area (Å²) in [6, 6.07) is 26.7. The number of hydrogen-bond acceptors (Lipinski definition) is 9. The van der Waals surface area contributed by atoms with E-state index in [1.165, 1.54) is 23.6 Å². The van der Waals surface area contributed by atoms with E-state index in [1.807, 2.05) is 25.2 Å². The molecule has 5 N–H and O–H groups in total. The fourth-order valence-electron chi connectivity index (χ4n) is 6.84. The second-order valence-electron chi connectivity index (χ2n) is 14.4. The molecule has 6 rings (SSSR count). The number of aliphatic hydroxyl groups excluding tert-OH is 2. The molecule has 0 saturated carbocycles. The number of rotatable bonds is 16. The SMILES string of the molecule is CNc1cncc(COc2cc(OCc3cccc(-c4cccc(-c5ccc(CN6CC[C@H](O)C6)cc5)c4C)c3C)c(Cl)cc2CN[C@@](C)(CO)C(=O)O)c1. The molecule has 1 fully saturated rings. The quantitative estimate of drug-likeness (QED) is 0.0693. The van der Waals surface area contributed by atoms with Gasteiger partial charge in [0.05, 0.1) is 23.4 Å². The van der Waals surface area contributed by atoms with Gasteiger partial charge in [0.2, 0.25) is 0 Å². The lowest BCUT2D eigenvalue weighted by atomic mass is 9.89. The molecule has 5 aromatic rings. The summed E-state index contributed by atoms with van der Waals surface area (Å²) in [4.78, 5) is 18.4. The number of aromatic nitrogens is 1.